The van der Waals surface area contributed by atoms with Crippen molar-refractivity contribution < 1.29 is 21.6 Å². The molecule has 1 aromatic rings. The van der Waals surface area contributed by atoms with E-state index in [9.17, 15) is 21.6 Å². The minimum absolute atomic E-state index is 0.208. The van der Waals surface area contributed by atoms with Crippen molar-refractivity contribution in [3.05, 3.63) is 22.2 Å². The molecule has 0 unspecified atom stereocenters. The van der Waals surface area contributed by atoms with Gasteiger partial charge in [0, 0.05) is 16.6 Å². The van der Waals surface area contributed by atoms with Crippen molar-refractivity contribution in [2.75, 3.05) is 16.2 Å². The van der Waals surface area contributed by atoms with Gasteiger partial charge in [0.15, 0.2) is 0 Å². The SMILES string of the molecule is Cc1cc(Br)c(NS(=O)(=O)CCCC(F)(F)F)cc1N. The molecule has 0 saturated heterocycles. The van der Waals surface area contributed by atoms with Gasteiger partial charge in [0.05, 0.1) is 11.4 Å². The van der Waals surface area contributed by atoms with Crippen LogP contribution in [0.3, 0.4) is 0 Å². The topological polar surface area (TPSA) is 72.2 Å². The lowest BCUT2D eigenvalue weighted by Crippen LogP contribution is -2.19. The number of sulfonamides is 1. The maximum atomic E-state index is 12.0. The molecular weight excluding hydrogens is 361 g/mol. The van der Waals surface area contributed by atoms with E-state index in [0.29, 0.717) is 10.2 Å². The standard InChI is InChI=1S/C11H14BrF3N2O2S/c1-7-5-8(12)10(6-9(7)16)17-20(18,19)4-2-3-11(13,14)15/h5-6,17H,2-4,16H2,1H3. The van der Waals surface area contributed by atoms with E-state index in [0.717, 1.165) is 5.56 Å². The first-order valence-corrected chi connectivity index (χ1v) is 8.07. The lowest BCUT2D eigenvalue weighted by atomic mass is 10.2. The molecule has 1 rings (SSSR count). The molecule has 0 spiro atoms. The molecular formula is C11H14BrF3N2O2S. The molecule has 0 fully saturated rings. The normalized spacial score (nSPS) is 12.4. The van der Waals surface area contributed by atoms with Crippen molar-refractivity contribution in [1.82, 2.24) is 0 Å². The van der Waals surface area contributed by atoms with Crippen LogP contribution in [0, 0.1) is 6.92 Å². The zero-order valence-corrected chi connectivity index (χ0v) is 13.0. The van der Waals surface area contributed by atoms with Gasteiger partial charge in [-0.3, -0.25) is 4.72 Å². The number of nitrogens with two attached hydrogens (primary N) is 1. The molecule has 0 aliphatic heterocycles. The fourth-order valence-electron chi connectivity index (χ4n) is 1.45. The Balaban J connectivity index is 2.74. The fourth-order valence-corrected chi connectivity index (χ4v) is 3.27. The number of hydrogen-bond donors (Lipinski definition) is 2. The van der Waals surface area contributed by atoms with E-state index in [1.807, 2.05) is 0 Å². The second kappa shape index (κ2) is 6.21. The van der Waals surface area contributed by atoms with Crippen LogP contribution in [0.2, 0.25) is 0 Å². The van der Waals surface area contributed by atoms with E-state index in [-0.39, 0.29) is 5.69 Å². The Bertz CT molecular complexity index is 588. The first kappa shape index (κ1) is 17.1. The first-order valence-electron chi connectivity index (χ1n) is 5.63. The summed E-state index contributed by atoms with van der Waals surface area (Å²) in [7, 11) is -3.84. The number of anilines is 2. The predicted octanol–water partition coefficient (Wildman–Crippen LogP) is 3.42. The Labute approximate surface area is 123 Å². The summed E-state index contributed by atoms with van der Waals surface area (Å²) in [5.41, 5.74) is 7.02. The first-order chi connectivity index (χ1) is 9.00. The van der Waals surface area contributed by atoms with Crippen LogP contribution in [0.4, 0.5) is 24.5 Å². The van der Waals surface area contributed by atoms with Crippen LogP contribution in [-0.2, 0) is 10.0 Å². The molecule has 0 atom stereocenters. The van der Waals surface area contributed by atoms with Gasteiger partial charge in [-0.2, -0.15) is 13.2 Å². The highest BCUT2D eigenvalue weighted by atomic mass is 79.9. The number of alkyl halides is 3. The van der Waals surface area contributed by atoms with E-state index in [1.165, 1.54) is 6.07 Å². The van der Waals surface area contributed by atoms with Crippen LogP contribution < -0.4 is 10.5 Å². The average Bonchev–Trinajstić information content (AvgIpc) is 2.23. The van der Waals surface area contributed by atoms with Gasteiger partial charge in [-0.15, -0.1) is 0 Å². The number of rotatable bonds is 5. The van der Waals surface area contributed by atoms with E-state index in [2.05, 4.69) is 20.7 Å². The highest BCUT2D eigenvalue weighted by molar-refractivity contribution is 9.10. The van der Waals surface area contributed by atoms with Gasteiger partial charge in [-0.1, -0.05) is 0 Å². The summed E-state index contributed by atoms with van der Waals surface area (Å²) < 4.78 is 62.0. The number of nitrogen functional groups attached to an aromatic ring is 1. The smallest absolute Gasteiger partial charge is 0.389 e. The Morgan fingerprint density at radius 1 is 1.35 bits per heavy atom. The third-order valence-electron chi connectivity index (χ3n) is 2.49. The quantitative estimate of drug-likeness (QED) is 0.775. The monoisotopic (exact) mass is 374 g/mol. The van der Waals surface area contributed by atoms with Crippen molar-refractivity contribution in [2.45, 2.75) is 25.9 Å². The van der Waals surface area contributed by atoms with Crippen LogP contribution in [0.1, 0.15) is 18.4 Å². The maximum absolute atomic E-state index is 12.0. The van der Waals surface area contributed by atoms with Crippen molar-refractivity contribution >= 4 is 37.3 Å². The van der Waals surface area contributed by atoms with Crippen LogP contribution in [-0.4, -0.2) is 20.3 Å². The minimum Gasteiger partial charge on any atom is -0.398 e. The summed E-state index contributed by atoms with van der Waals surface area (Å²) >= 11 is 3.17. The predicted molar refractivity (Wildman–Crippen MR) is 76.0 cm³/mol. The van der Waals surface area contributed by atoms with Crippen molar-refractivity contribution in [3.8, 4) is 0 Å². The molecule has 9 heteroatoms. The zero-order chi connectivity index (χ0) is 15.6. The summed E-state index contributed by atoms with van der Waals surface area (Å²) in [6.45, 7) is 1.75. The summed E-state index contributed by atoms with van der Waals surface area (Å²) in [4.78, 5) is 0. The molecule has 114 valence electrons. The molecule has 1 aromatic carbocycles. The van der Waals surface area contributed by atoms with Gasteiger partial charge in [-0.25, -0.2) is 8.42 Å². The third-order valence-corrected chi connectivity index (χ3v) is 4.51. The Hall–Kier alpha value is -0.960. The second-order valence-corrected chi connectivity index (χ2v) is 7.02. The molecule has 0 aliphatic carbocycles. The van der Waals surface area contributed by atoms with E-state index < -0.39 is 34.8 Å². The lowest BCUT2D eigenvalue weighted by Gasteiger charge is -2.12. The van der Waals surface area contributed by atoms with Crippen LogP contribution >= 0.6 is 15.9 Å². The molecule has 0 aliphatic rings. The van der Waals surface area contributed by atoms with Gasteiger partial charge < -0.3 is 5.73 Å². The molecule has 0 heterocycles. The van der Waals surface area contributed by atoms with Crippen molar-refractivity contribution in [1.29, 1.82) is 0 Å². The molecule has 0 radical (unpaired) electrons. The summed E-state index contributed by atoms with van der Waals surface area (Å²) in [5, 5.41) is 0. The largest absolute Gasteiger partial charge is 0.398 e. The molecule has 3 N–H and O–H groups in total. The average molecular weight is 375 g/mol. The van der Waals surface area contributed by atoms with E-state index in [4.69, 9.17) is 5.73 Å². The summed E-state index contributed by atoms with van der Waals surface area (Å²) in [6, 6.07) is 3.05. The molecule has 0 aromatic heterocycles. The molecule has 0 saturated carbocycles. The molecule has 0 amide bonds. The lowest BCUT2D eigenvalue weighted by molar-refractivity contribution is -0.134. The van der Waals surface area contributed by atoms with Crippen LogP contribution in [0.5, 0.6) is 0 Å². The number of nitrogens with one attached hydrogen (secondary N) is 1. The van der Waals surface area contributed by atoms with Gasteiger partial charge in [-0.05, 0) is 47.0 Å². The van der Waals surface area contributed by atoms with Crippen LogP contribution in [0.25, 0.3) is 0 Å². The van der Waals surface area contributed by atoms with Gasteiger partial charge >= 0.3 is 6.18 Å². The van der Waals surface area contributed by atoms with Crippen molar-refractivity contribution in [3.63, 3.8) is 0 Å². The number of benzene rings is 1. The number of aryl methyl sites for hydroxylation is 1. The maximum Gasteiger partial charge on any atom is 0.389 e. The zero-order valence-electron chi connectivity index (χ0n) is 10.6. The van der Waals surface area contributed by atoms with Gasteiger partial charge in [0.2, 0.25) is 10.0 Å². The third kappa shape index (κ3) is 5.58. The minimum atomic E-state index is -4.36. The summed E-state index contributed by atoms with van der Waals surface area (Å²) in [6.07, 6.45) is -5.98. The van der Waals surface area contributed by atoms with E-state index >= 15 is 0 Å². The van der Waals surface area contributed by atoms with Crippen molar-refractivity contribution in [2.24, 2.45) is 0 Å². The molecule has 4 nitrogen and oxygen atoms in total. The number of halogens is 4. The summed E-state index contributed by atoms with van der Waals surface area (Å²) in [5.74, 6) is -0.604. The Morgan fingerprint density at radius 2 is 1.95 bits per heavy atom. The molecule has 0 bridgehead atoms. The Kier molecular flexibility index (Phi) is 5.31. The van der Waals surface area contributed by atoms with E-state index in [1.54, 1.807) is 13.0 Å². The second-order valence-electron chi connectivity index (χ2n) is 4.33. The van der Waals surface area contributed by atoms with Gasteiger partial charge in [0.1, 0.15) is 0 Å². The highest BCUT2D eigenvalue weighted by Crippen LogP contribution is 2.29. The van der Waals surface area contributed by atoms with Crippen LogP contribution in [0.15, 0.2) is 16.6 Å². The highest BCUT2D eigenvalue weighted by Gasteiger charge is 2.27. The number of hydrogen-bond acceptors (Lipinski definition) is 3. The van der Waals surface area contributed by atoms with Gasteiger partial charge in [0.25, 0.3) is 0 Å². The molecule has 20 heavy (non-hydrogen) atoms. The Morgan fingerprint density at radius 3 is 2.50 bits per heavy atom. The fraction of sp³-hybridized carbons (Fsp3) is 0.455.